The number of carboxylic acid groups (broad SMARTS) is 1. The molecule has 5 rings (SSSR count). The summed E-state index contributed by atoms with van der Waals surface area (Å²) in [4.78, 5) is 37.3. The molecule has 4 aromatic heterocycles. The van der Waals surface area contributed by atoms with E-state index in [1.54, 1.807) is 42.6 Å². The first-order valence-electron chi connectivity index (χ1n) is 8.44. The number of aromatic nitrogens is 3. The van der Waals surface area contributed by atoms with Crippen molar-refractivity contribution in [2.75, 3.05) is 10.6 Å². The Morgan fingerprint density at radius 3 is 2.66 bits per heavy atom. The van der Waals surface area contributed by atoms with Gasteiger partial charge in [0.05, 0.1) is 22.4 Å². The summed E-state index contributed by atoms with van der Waals surface area (Å²) in [7, 11) is -1.50. The predicted octanol–water partition coefficient (Wildman–Crippen LogP) is 3.38. The molecule has 9 nitrogen and oxygen atoms in total. The molecule has 1 aliphatic rings. The van der Waals surface area contributed by atoms with E-state index >= 15 is 0 Å². The van der Waals surface area contributed by atoms with E-state index in [4.69, 9.17) is 4.74 Å². The van der Waals surface area contributed by atoms with Gasteiger partial charge in [-0.15, -0.1) is 0 Å². The molecule has 0 radical (unpaired) electrons. The molecule has 29 heavy (non-hydrogen) atoms. The summed E-state index contributed by atoms with van der Waals surface area (Å²) in [5.41, 5.74) is 1.26. The highest BCUT2D eigenvalue weighted by Crippen LogP contribution is 2.52. The molecular weight excluding hydrogens is 394 g/mol. The minimum absolute atomic E-state index is 0.329. The molecule has 1 aliphatic heterocycles. The van der Waals surface area contributed by atoms with Crippen molar-refractivity contribution in [1.29, 1.82) is 0 Å². The number of pyridine rings is 3. The minimum atomic E-state index is -1.50. The van der Waals surface area contributed by atoms with Crippen LogP contribution in [0, 0.1) is 0 Å². The quantitative estimate of drug-likeness (QED) is 0.498. The SMILES string of the molecule is O=C1Nc2ccnc3c2c(c(-c2ccc(Oc4ccccn4)cn2)[s+]3C(=O)[O-])N1. The third-order valence-corrected chi connectivity index (χ3v) is 6.12. The second-order valence-electron chi connectivity index (χ2n) is 6.03. The molecule has 0 spiro atoms. The first-order valence-corrected chi connectivity index (χ1v) is 9.66. The lowest BCUT2D eigenvalue weighted by atomic mass is 10.1. The third-order valence-electron chi connectivity index (χ3n) is 4.27. The first-order chi connectivity index (χ1) is 14.1. The second-order valence-corrected chi connectivity index (χ2v) is 7.77. The number of ether oxygens (including phenoxy) is 1. The Kier molecular flexibility index (Phi) is 3.85. The van der Waals surface area contributed by atoms with Crippen molar-refractivity contribution in [3.63, 3.8) is 0 Å². The number of nitrogens with one attached hydrogen (secondary N) is 2. The molecule has 0 saturated carbocycles. The fourth-order valence-corrected chi connectivity index (χ4v) is 4.93. The molecule has 1 unspecified atom stereocenters. The zero-order valence-corrected chi connectivity index (χ0v) is 15.4. The van der Waals surface area contributed by atoms with Gasteiger partial charge in [0.1, 0.15) is 22.5 Å². The smallest absolute Gasteiger partial charge is 0.323 e. The Bertz CT molecular complexity index is 1270. The van der Waals surface area contributed by atoms with Crippen LogP contribution in [0.5, 0.6) is 11.6 Å². The number of rotatable bonds is 4. The number of hydrogen-bond donors (Lipinski definition) is 2. The van der Waals surface area contributed by atoms with Crippen LogP contribution >= 0.6 is 10.5 Å². The lowest BCUT2D eigenvalue weighted by Gasteiger charge is -2.13. The summed E-state index contributed by atoms with van der Waals surface area (Å²) in [5.74, 6) is 0.848. The van der Waals surface area contributed by atoms with Crippen LogP contribution in [0.4, 0.5) is 21.0 Å². The van der Waals surface area contributed by atoms with Gasteiger partial charge < -0.3 is 25.3 Å². The highest BCUT2D eigenvalue weighted by Gasteiger charge is 2.37. The van der Waals surface area contributed by atoms with Crippen LogP contribution in [0.25, 0.3) is 20.8 Å². The van der Waals surface area contributed by atoms with Crippen molar-refractivity contribution >= 4 is 43.4 Å². The lowest BCUT2D eigenvalue weighted by Crippen LogP contribution is -2.23. The van der Waals surface area contributed by atoms with E-state index in [-0.39, 0.29) is 0 Å². The maximum atomic E-state index is 12.0. The zero-order valence-electron chi connectivity index (χ0n) is 14.6. The molecule has 0 saturated heterocycles. The molecule has 0 aromatic carbocycles. The predicted molar refractivity (Wildman–Crippen MR) is 105 cm³/mol. The van der Waals surface area contributed by atoms with Gasteiger partial charge in [0.25, 0.3) is 4.83 Å². The average molecular weight is 405 g/mol. The van der Waals surface area contributed by atoms with Crippen molar-refractivity contribution in [3.05, 3.63) is 55.0 Å². The van der Waals surface area contributed by atoms with Crippen molar-refractivity contribution in [1.82, 2.24) is 15.0 Å². The Balaban J connectivity index is 1.64. The van der Waals surface area contributed by atoms with E-state index in [9.17, 15) is 14.7 Å². The number of amides is 2. The van der Waals surface area contributed by atoms with Gasteiger partial charge in [-0.1, -0.05) is 6.07 Å². The normalized spacial score (nSPS) is 13.0. The van der Waals surface area contributed by atoms with Crippen LogP contribution in [0.2, 0.25) is 0 Å². The molecule has 1 atom stereocenters. The number of thiophene rings is 1. The second kappa shape index (κ2) is 6.53. The monoisotopic (exact) mass is 405 g/mol. The summed E-state index contributed by atoms with van der Waals surface area (Å²) >= 11 is 0. The summed E-state index contributed by atoms with van der Waals surface area (Å²) in [5, 5.41) is 16.6. The zero-order chi connectivity index (χ0) is 20.0. The minimum Gasteiger partial charge on any atom is -0.500 e. The Labute approximate surface area is 166 Å². The molecule has 2 amide bonds. The summed E-state index contributed by atoms with van der Waals surface area (Å²) in [6.07, 6.45) is 4.53. The van der Waals surface area contributed by atoms with Gasteiger partial charge in [0, 0.05) is 18.5 Å². The van der Waals surface area contributed by atoms with Gasteiger partial charge in [-0.3, -0.25) is 0 Å². The third kappa shape index (κ3) is 2.82. The Morgan fingerprint density at radius 1 is 1.03 bits per heavy atom. The highest BCUT2D eigenvalue weighted by molar-refractivity contribution is 7.57. The van der Waals surface area contributed by atoms with E-state index in [0.717, 1.165) is 0 Å². The van der Waals surface area contributed by atoms with Crippen molar-refractivity contribution < 1.29 is 19.4 Å². The highest BCUT2D eigenvalue weighted by atomic mass is 32.2. The van der Waals surface area contributed by atoms with Gasteiger partial charge in [-0.2, -0.15) is 0 Å². The molecule has 0 aliphatic carbocycles. The fourth-order valence-electron chi connectivity index (χ4n) is 3.14. The molecule has 0 fully saturated rings. The number of urea groups is 1. The molecule has 142 valence electrons. The number of anilines is 2. The summed E-state index contributed by atoms with van der Waals surface area (Å²) in [6, 6.07) is 9.72. The summed E-state index contributed by atoms with van der Waals surface area (Å²) in [6.45, 7) is 0. The first kappa shape index (κ1) is 17.1. The largest absolute Gasteiger partial charge is 0.500 e. The van der Waals surface area contributed by atoms with Crippen molar-refractivity contribution in [2.45, 2.75) is 0 Å². The van der Waals surface area contributed by atoms with E-state index in [1.807, 2.05) is 0 Å². The van der Waals surface area contributed by atoms with Gasteiger partial charge in [0.15, 0.2) is 0 Å². The van der Waals surface area contributed by atoms with E-state index in [0.29, 0.717) is 43.8 Å². The van der Waals surface area contributed by atoms with Crippen LogP contribution in [-0.2, 0) is 0 Å². The Hall–Kier alpha value is -4.05. The van der Waals surface area contributed by atoms with Gasteiger partial charge in [-0.05, 0) is 24.3 Å². The standard InChI is InChI=1S/C19H11N5O4S/c25-18-23-11-6-8-21-17-14(11)15(24-18)16(29(17)19(26)27)12-5-4-10(9-22-12)28-13-3-1-2-7-20-13/h1-9H,(H2-,21,22,23,24,25,26,27). The maximum absolute atomic E-state index is 12.0. The lowest BCUT2D eigenvalue weighted by molar-refractivity contribution is -0.233. The van der Waals surface area contributed by atoms with Crippen LogP contribution in [-0.4, -0.2) is 26.3 Å². The number of carbonyl (C=O) groups excluding carboxylic acids is 2. The number of carbonyl (C=O) groups is 2. The summed E-state index contributed by atoms with van der Waals surface area (Å²) < 4.78 is 5.62. The van der Waals surface area contributed by atoms with E-state index < -0.39 is 21.8 Å². The Morgan fingerprint density at radius 2 is 1.93 bits per heavy atom. The number of nitrogens with zero attached hydrogens (tertiary/aromatic N) is 3. The van der Waals surface area contributed by atoms with Crippen LogP contribution in [0.1, 0.15) is 0 Å². The average Bonchev–Trinajstić information content (AvgIpc) is 3.05. The molecule has 2 N–H and O–H groups in total. The van der Waals surface area contributed by atoms with Crippen molar-refractivity contribution in [3.8, 4) is 22.2 Å². The van der Waals surface area contributed by atoms with Crippen LogP contribution in [0.15, 0.2) is 55.0 Å². The van der Waals surface area contributed by atoms with E-state index in [1.165, 1.54) is 12.4 Å². The van der Waals surface area contributed by atoms with Gasteiger partial charge in [0.2, 0.25) is 10.8 Å². The topological polar surface area (TPSA) is 129 Å². The van der Waals surface area contributed by atoms with Gasteiger partial charge >= 0.3 is 11.3 Å². The van der Waals surface area contributed by atoms with E-state index in [2.05, 4.69) is 25.6 Å². The molecule has 4 aromatic rings. The number of hydrogen-bond acceptors (Lipinski definition) is 7. The maximum Gasteiger partial charge on any atom is 0.323 e. The fraction of sp³-hybridized carbons (Fsp3) is 0. The van der Waals surface area contributed by atoms with Crippen LogP contribution in [0.3, 0.4) is 0 Å². The molecule has 5 heterocycles. The van der Waals surface area contributed by atoms with Crippen LogP contribution < -0.4 is 20.5 Å². The van der Waals surface area contributed by atoms with Crippen molar-refractivity contribution in [2.24, 2.45) is 0 Å². The molecule has 10 heteroatoms. The van der Waals surface area contributed by atoms with Gasteiger partial charge in [-0.25, -0.2) is 19.7 Å². The molecular formula is C19H11N5O4S. The molecule has 0 bridgehead atoms.